The molecule has 0 fully saturated rings. The Morgan fingerprint density at radius 2 is 1.00 bits per heavy atom. The van der Waals surface area contributed by atoms with Crippen LogP contribution in [-0.2, 0) is 0 Å². The molecule has 1 N–H and O–H groups in total. The third kappa shape index (κ3) is 75.7. The molecule has 0 aliphatic heterocycles. The van der Waals surface area contributed by atoms with E-state index < -0.39 is 0 Å². The lowest BCUT2D eigenvalue weighted by Gasteiger charge is -1.90. The predicted octanol–water partition coefficient (Wildman–Crippen LogP) is 4.25. The van der Waals surface area contributed by atoms with E-state index >= 15 is 0 Å². The summed E-state index contributed by atoms with van der Waals surface area (Å²) in [6, 6.07) is 0. The van der Waals surface area contributed by atoms with Gasteiger partial charge in [-0.3, -0.25) is 0 Å². The van der Waals surface area contributed by atoms with Crippen LogP contribution in [0, 0.1) is 5.92 Å². The van der Waals surface area contributed by atoms with Gasteiger partial charge in [-0.25, -0.2) is 0 Å². The zero-order chi connectivity index (χ0) is 11.3. The average Bonchev–Trinajstić information content (AvgIpc) is 2.07. The monoisotopic (exact) mass is 190 g/mol. The molecule has 0 saturated carbocycles. The zero-order valence-electron chi connectivity index (χ0n) is 10.7. The van der Waals surface area contributed by atoms with Crippen LogP contribution in [-0.4, -0.2) is 11.2 Å². The van der Waals surface area contributed by atoms with E-state index in [1.807, 2.05) is 6.92 Å². The van der Waals surface area contributed by atoms with Gasteiger partial charge in [-0.05, 0) is 19.3 Å². The van der Waals surface area contributed by atoms with Gasteiger partial charge in [0.2, 0.25) is 0 Å². The molecule has 0 radical (unpaired) electrons. The Kier molecular flexibility index (Phi) is 25.7. The quantitative estimate of drug-likeness (QED) is 0.690. The summed E-state index contributed by atoms with van der Waals surface area (Å²) in [5.74, 6) is 0.884. The van der Waals surface area contributed by atoms with Crippen molar-refractivity contribution in [2.45, 2.75) is 73.8 Å². The van der Waals surface area contributed by atoms with Crippen LogP contribution in [0.5, 0.6) is 0 Å². The molecule has 0 aromatic heterocycles. The van der Waals surface area contributed by atoms with Gasteiger partial charge in [0.15, 0.2) is 0 Å². The van der Waals surface area contributed by atoms with E-state index in [1.165, 1.54) is 12.8 Å². The number of hydrogen-bond donors (Lipinski definition) is 1. The first-order valence-electron chi connectivity index (χ1n) is 5.64. The Morgan fingerprint density at radius 3 is 1.00 bits per heavy atom. The summed E-state index contributed by atoms with van der Waals surface area (Å²) in [7, 11) is 0. The Bertz CT molecular complexity index is 50.1. The second kappa shape index (κ2) is 17.9. The summed E-state index contributed by atoms with van der Waals surface area (Å²) in [6.45, 7) is 14.6. The maximum absolute atomic E-state index is 8.36. The van der Waals surface area contributed by atoms with Gasteiger partial charge in [-0.2, -0.15) is 0 Å². The minimum absolute atomic E-state index is 0.116. The van der Waals surface area contributed by atoms with Crippen LogP contribution < -0.4 is 0 Å². The molecule has 13 heavy (non-hydrogen) atoms. The fourth-order valence-corrected chi connectivity index (χ4v) is 0. The highest BCUT2D eigenvalue weighted by molar-refractivity contribution is 4.34. The fourth-order valence-electron chi connectivity index (χ4n) is 0. The molecule has 1 atom stereocenters. The van der Waals surface area contributed by atoms with Crippen molar-refractivity contribution in [1.82, 2.24) is 0 Å². The lowest BCUT2D eigenvalue weighted by atomic mass is 10.2. The normalized spacial score (nSPS) is 10.8. The number of hydrogen-bond acceptors (Lipinski definition) is 1. The van der Waals surface area contributed by atoms with Gasteiger partial charge < -0.3 is 5.11 Å². The lowest BCUT2D eigenvalue weighted by molar-refractivity contribution is 0.191. The maximum Gasteiger partial charge on any atom is 0.0509 e. The fraction of sp³-hybridized carbons (Fsp3) is 1.00. The van der Waals surface area contributed by atoms with Crippen LogP contribution in [0.1, 0.15) is 67.7 Å². The van der Waals surface area contributed by atoms with Gasteiger partial charge in [-0.15, -0.1) is 0 Å². The van der Waals surface area contributed by atoms with Crippen molar-refractivity contribution in [1.29, 1.82) is 0 Å². The van der Waals surface area contributed by atoms with E-state index in [0.717, 1.165) is 12.3 Å². The second-order valence-electron chi connectivity index (χ2n) is 3.77. The van der Waals surface area contributed by atoms with E-state index in [1.54, 1.807) is 6.92 Å². The summed E-state index contributed by atoms with van der Waals surface area (Å²) in [6.07, 6.45) is 3.30. The molecule has 0 rings (SSSR count). The van der Waals surface area contributed by atoms with Crippen LogP contribution in [0.3, 0.4) is 0 Å². The van der Waals surface area contributed by atoms with Gasteiger partial charge >= 0.3 is 0 Å². The topological polar surface area (TPSA) is 20.2 Å². The summed E-state index contributed by atoms with van der Waals surface area (Å²) in [5, 5.41) is 8.36. The van der Waals surface area contributed by atoms with Crippen molar-refractivity contribution >= 4 is 0 Å². The molecule has 0 heterocycles. The molecule has 0 bridgehead atoms. The maximum atomic E-state index is 8.36. The van der Waals surface area contributed by atoms with Crippen LogP contribution >= 0.6 is 0 Å². The molecule has 1 unspecified atom stereocenters. The van der Waals surface area contributed by atoms with Crippen LogP contribution in [0.2, 0.25) is 0 Å². The molecule has 1 nitrogen and oxygen atoms in total. The van der Waals surface area contributed by atoms with E-state index in [-0.39, 0.29) is 6.10 Å². The Balaban J connectivity index is -0.000000120. The van der Waals surface area contributed by atoms with Crippen molar-refractivity contribution < 1.29 is 5.11 Å². The van der Waals surface area contributed by atoms with Gasteiger partial charge in [0, 0.05) is 0 Å². The van der Waals surface area contributed by atoms with Gasteiger partial charge in [0.25, 0.3) is 0 Å². The molecule has 1 heteroatoms. The van der Waals surface area contributed by atoms with Gasteiger partial charge in [0.05, 0.1) is 6.10 Å². The first-order chi connectivity index (χ1) is 5.95. The Morgan fingerprint density at radius 1 is 0.846 bits per heavy atom. The molecule has 0 aromatic rings. The zero-order valence-corrected chi connectivity index (χ0v) is 10.7. The standard InChI is InChI=1S/C5H12.C4H10O.C3H8/c1-4-5(2)3;1-3-4(2)5;1-3-2/h5H,4H2,1-3H3;4-5H,3H2,1-2H3;3H2,1-2H3. The lowest BCUT2D eigenvalue weighted by Crippen LogP contribution is -1.93. The van der Waals surface area contributed by atoms with Crippen molar-refractivity contribution in [3.8, 4) is 0 Å². The first-order valence-corrected chi connectivity index (χ1v) is 5.64. The molecule has 0 spiro atoms. The number of rotatable bonds is 2. The van der Waals surface area contributed by atoms with E-state index in [0.29, 0.717) is 0 Å². The number of aliphatic hydroxyl groups excluding tert-OH is 1. The third-order valence-electron chi connectivity index (χ3n) is 1.41. The van der Waals surface area contributed by atoms with Crippen molar-refractivity contribution in [3.05, 3.63) is 0 Å². The highest BCUT2D eigenvalue weighted by Crippen LogP contribution is 1.93. The van der Waals surface area contributed by atoms with Crippen LogP contribution in [0.25, 0.3) is 0 Å². The van der Waals surface area contributed by atoms with Gasteiger partial charge in [0.1, 0.15) is 0 Å². The summed E-state index contributed by atoms with van der Waals surface area (Å²) in [5.41, 5.74) is 0. The van der Waals surface area contributed by atoms with Crippen LogP contribution in [0.15, 0.2) is 0 Å². The minimum Gasteiger partial charge on any atom is -0.393 e. The Hall–Kier alpha value is -0.0400. The molecular weight excluding hydrogens is 160 g/mol. The molecule has 0 amide bonds. The number of aliphatic hydroxyl groups is 1. The van der Waals surface area contributed by atoms with Crippen molar-refractivity contribution in [2.24, 2.45) is 5.92 Å². The summed E-state index contributed by atoms with van der Waals surface area (Å²) >= 11 is 0. The van der Waals surface area contributed by atoms with E-state index in [4.69, 9.17) is 5.11 Å². The first kappa shape index (κ1) is 18.7. The van der Waals surface area contributed by atoms with Gasteiger partial charge in [-0.1, -0.05) is 54.4 Å². The smallest absolute Gasteiger partial charge is 0.0509 e. The predicted molar refractivity (Wildman–Crippen MR) is 63.1 cm³/mol. The Labute approximate surface area is 85.6 Å². The summed E-state index contributed by atoms with van der Waals surface area (Å²) in [4.78, 5) is 0. The molecule has 0 aliphatic rings. The minimum atomic E-state index is -0.116. The van der Waals surface area contributed by atoms with Crippen molar-refractivity contribution in [3.63, 3.8) is 0 Å². The molecule has 0 aromatic carbocycles. The van der Waals surface area contributed by atoms with E-state index in [2.05, 4.69) is 34.6 Å². The SMILES string of the molecule is CCC.CCC(C)C.CCC(C)O. The molecule has 0 aliphatic carbocycles. The van der Waals surface area contributed by atoms with E-state index in [9.17, 15) is 0 Å². The molecule has 84 valence electrons. The summed E-state index contributed by atoms with van der Waals surface area (Å²) < 4.78 is 0. The molecular formula is C12H30O. The highest BCUT2D eigenvalue weighted by atomic mass is 16.3. The largest absolute Gasteiger partial charge is 0.393 e. The van der Waals surface area contributed by atoms with Crippen LogP contribution in [0.4, 0.5) is 0 Å². The van der Waals surface area contributed by atoms with Crippen molar-refractivity contribution in [2.75, 3.05) is 0 Å². The molecule has 0 saturated heterocycles. The second-order valence-corrected chi connectivity index (χ2v) is 3.77. The third-order valence-corrected chi connectivity index (χ3v) is 1.41. The average molecular weight is 190 g/mol. The highest BCUT2D eigenvalue weighted by Gasteiger charge is 1.81.